The number of nitrogens with two attached hydrogens (primary N) is 1. The second-order valence-corrected chi connectivity index (χ2v) is 8.76. The third kappa shape index (κ3) is 7.58. The van der Waals surface area contributed by atoms with Gasteiger partial charge in [0.2, 0.25) is 0 Å². The van der Waals surface area contributed by atoms with Gasteiger partial charge in [-0.05, 0) is 48.2 Å². The Morgan fingerprint density at radius 2 is 2.00 bits per heavy atom. The maximum atomic E-state index is 12.3. The molecular weight excluding hydrogens is 484 g/mol. The molecule has 1 aliphatic rings. The van der Waals surface area contributed by atoms with Crippen molar-refractivity contribution in [3.8, 4) is 0 Å². The number of urea groups is 1. The quantitative estimate of drug-likeness (QED) is 0.105. The Hall–Kier alpha value is -4.35. The molecule has 6 N–H and O–H groups in total. The normalized spacial score (nSPS) is 12.8. The highest BCUT2D eigenvalue weighted by Gasteiger charge is 2.21. The maximum Gasteiger partial charge on any atom is 0.317 e. The molecule has 3 heterocycles. The highest BCUT2D eigenvalue weighted by molar-refractivity contribution is 5.94. The summed E-state index contributed by atoms with van der Waals surface area (Å²) < 4.78 is 0. The third-order valence-corrected chi connectivity index (χ3v) is 6.06. The average molecular weight is 519 g/mol. The number of nitrogens with zero attached hydrogens (tertiary/aromatic N) is 4. The van der Waals surface area contributed by atoms with Crippen LogP contribution in [0.4, 0.5) is 10.6 Å². The molecule has 0 fully saturated rings. The van der Waals surface area contributed by atoms with E-state index < -0.39 is 0 Å². The highest BCUT2D eigenvalue weighted by atomic mass is 16.3. The molecule has 1 aromatic carbocycles. The predicted molar refractivity (Wildman–Crippen MR) is 146 cm³/mol. The molecule has 0 spiro atoms. The molecule has 200 valence electrons. The Balaban J connectivity index is 0.000000223. The van der Waals surface area contributed by atoms with E-state index in [1.165, 1.54) is 5.01 Å². The van der Waals surface area contributed by atoms with Crippen LogP contribution in [0, 0.1) is 5.41 Å². The van der Waals surface area contributed by atoms with Gasteiger partial charge in [0.05, 0.1) is 12.6 Å². The first-order valence-corrected chi connectivity index (χ1v) is 12.2. The molecule has 0 saturated heterocycles. The molecule has 0 saturated carbocycles. The summed E-state index contributed by atoms with van der Waals surface area (Å²) in [6.07, 6.45) is 3.23. The molecule has 11 heteroatoms. The Bertz CT molecular complexity index is 1240. The van der Waals surface area contributed by atoms with Gasteiger partial charge in [0.15, 0.2) is 12.1 Å². The van der Waals surface area contributed by atoms with E-state index in [0.717, 1.165) is 29.4 Å². The second kappa shape index (κ2) is 13.8. The summed E-state index contributed by atoms with van der Waals surface area (Å²) in [5, 5.41) is 23.8. The number of amidine groups is 1. The number of nitrogens with one attached hydrogen (secondary N) is 3. The summed E-state index contributed by atoms with van der Waals surface area (Å²) in [7, 11) is 1.76. The van der Waals surface area contributed by atoms with Gasteiger partial charge in [-0.1, -0.05) is 36.4 Å². The zero-order valence-electron chi connectivity index (χ0n) is 21.6. The van der Waals surface area contributed by atoms with Gasteiger partial charge in [0, 0.05) is 32.9 Å². The minimum absolute atomic E-state index is 0.0821. The Morgan fingerprint density at radius 1 is 1.24 bits per heavy atom. The number of aliphatic hydroxyl groups is 1. The standard InChI is InChI=1S/C17H17N3O2.C10H17N5O/c21-12-16-8-15-11-20(7-6-14(15)10-18-16)17(22)19-9-13-4-2-1-3-5-13;1-7(6-16)15(12)10(11)8-4-3-5-9(13-2)14-8/h1-5,8,10,12H,6-7,9,11H2,(H,19,22);3-5,7,11,16H,6,12H2,1-2H3,(H,13,14). The van der Waals surface area contributed by atoms with Crippen molar-refractivity contribution < 1.29 is 14.7 Å². The molecule has 2 aromatic heterocycles. The van der Waals surface area contributed by atoms with Gasteiger partial charge in [-0.2, -0.15) is 0 Å². The molecular formula is C27H34N8O3. The van der Waals surface area contributed by atoms with Crippen LogP contribution in [0.2, 0.25) is 0 Å². The molecule has 0 bridgehead atoms. The van der Waals surface area contributed by atoms with Crippen LogP contribution in [0.5, 0.6) is 0 Å². The molecule has 11 nitrogen and oxygen atoms in total. The molecule has 0 radical (unpaired) electrons. The fourth-order valence-corrected chi connectivity index (χ4v) is 3.73. The number of rotatable bonds is 7. The second-order valence-electron chi connectivity index (χ2n) is 8.76. The fraction of sp³-hybridized carbons (Fsp3) is 0.296. The van der Waals surface area contributed by atoms with Crippen molar-refractivity contribution in [3.63, 3.8) is 0 Å². The minimum atomic E-state index is -0.312. The minimum Gasteiger partial charge on any atom is -0.394 e. The van der Waals surface area contributed by atoms with Crippen molar-refractivity contribution in [1.29, 1.82) is 5.41 Å². The molecule has 2 amide bonds. The smallest absolute Gasteiger partial charge is 0.317 e. The van der Waals surface area contributed by atoms with Gasteiger partial charge >= 0.3 is 6.03 Å². The summed E-state index contributed by atoms with van der Waals surface area (Å²) in [6, 6.07) is 16.5. The number of carbonyl (C=O) groups excluding carboxylic acids is 2. The highest BCUT2D eigenvalue weighted by Crippen LogP contribution is 2.18. The lowest BCUT2D eigenvalue weighted by Crippen LogP contribution is -2.46. The number of carbonyl (C=O) groups is 2. The van der Waals surface area contributed by atoms with Gasteiger partial charge in [-0.15, -0.1) is 0 Å². The lowest BCUT2D eigenvalue weighted by molar-refractivity contribution is 0.111. The van der Waals surface area contributed by atoms with Crippen LogP contribution in [-0.4, -0.2) is 69.4 Å². The Labute approximate surface area is 222 Å². The van der Waals surface area contributed by atoms with Crippen molar-refractivity contribution in [2.24, 2.45) is 5.84 Å². The Kier molecular flexibility index (Phi) is 10.3. The van der Waals surface area contributed by atoms with E-state index >= 15 is 0 Å². The number of hydrogen-bond acceptors (Lipinski definition) is 8. The zero-order chi connectivity index (χ0) is 27.5. The van der Waals surface area contributed by atoms with Gasteiger partial charge in [-0.3, -0.25) is 20.2 Å². The molecule has 1 aliphatic heterocycles. The first kappa shape index (κ1) is 28.2. The third-order valence-electron chi connectivity index (χ3n) is 6.06. The number of hydrazine groups is 1. The number of amides is 2. The molecule has 1 unspecified atom stereocenters. The molecule has 0 aliphatic carbocycles. The van der Waals surface area contributed by atoms with E-state index in [0.29, 0.717) is 36.8 Å². The van der Waals surface area contributed by atoms with Crippen LogP contribution in [0.1, 0.15) is 39.8 Å². The van der Waals surface area contributed by atoms with E-state index in [1.807, 2.05) is 30.3 Å². The van der Waals surface area contributed by atoms with Crippen LogP contribution in [0.25, 0.3) is 0 Å². The Morgan fingerprint density at radius 3 is 2.68 bits per heavy atom. The first-order valence-electron chi connectivity index (χ1n) is 12.2. The molecule has 1 atom stereocenters. The average Bonchev–Trinajstić information content (AvgIpc) is 2.98. The summed E-state index contributed by atoms with van der Waals surface area (Å²) in [5.41, 5.74) is 4.05. The first-order chi connectivity index (χ1) is 18.4. The van der Waals surface area contributed by atoms with Crippen LogP contribution in [0.3, 0.4) is 0 Å². The maximum absolute atomic E-state index is 12.3. The van der Waals surface area contributed by atoms with Crippen molar-refractivity contribution in [2.45, 2.75) is 32.5 Å². The van der Waals surface area contributed by atoms with E-state index in [1.54, 1.807) is 49.3 Å². The lowest BCUT2D eigenvalue weighted by Gasteiger charge is -2.28. The van der Waals surface area contributed by atoms with Gasteiger partial charge in [0.1, 0.15) is 17.2 Å². The summed E-state index contributed by atoms with van der Waals surface area (Å²) in [5.74, 6) is 6.44. The lowest BCUT2D eigenvalue weighted by atomic mass is 10.0. The number of hydrogen-bond donors (Lipinski definition) is 5. The number of benzene rings is 1. The van der Waals surface area contributed by atoms with Crippen molar-refractivity contribution >= 4 is 24.0 Å². The number of aldehydes is 1. The van der Waals surface area contributed by atoms with E-state index in [-0.39, 0.29) is 24.5 Å². The predicted octanol–water partition coefficient (Wildman–Crippen LogP) is 2.17. The summed E-state index contributed by atoms with van der Waals surface area (Å²) in [4.78, 5) is 33.1. The number of fused-ring (bicyclic) bond motifs is 1. The van der Waals surface area contributed by atoms with E-state index in [4.69, 9.17) is 16.4 Å². The van der Waals surface area contributed by atoms with E-state index in [2.05, 4.69) is 20.6 Å². The van der Waals surface area contributed by atoms with Crippen molar-refractivity contribution in [3.05, 3.63) is 88.9 Å². The molecule has 4 rings (SSSR count). The SMILES string of the molecule is CNc1cccc(C(=N)N(N)C(C)CO)n1.O=Cc1cc2c(cn1)CCN(C(=O)NCc1ccccc1)C2. The zero-order valence-corrected chi connectivity index (χ0v) is 21.6. The van der Waals surface area contributed by atoms with Crippen LogP contribution >= 0.6 is 0 Å². The number of pyridine rings is 2. The van der Waals surface area contributed by atoms with Crippen LogP contribution in [0.15, 0.2) is 60.8 Å². The van der Waals surface area contributed by atoms with Crippen molar-refractivity contribution in [2.75, 3.05) is 25.5 Å². The molecule has 3 aromatic rings. The number of aliphatic hydroxyl groups excluding tert-OH is 1. The number of anilines is 1. The molecule has 38 heavy (non-hydrogen) atoms. The van der Waals surface area contributed by atoms with Crippen LogP contribution < -0.4 is 16.5 Å². The van der Waals surface area contributed by atoms with Gasteiger partial charge < -0.3 is 20.6 Å². The van der Waals surface area contributed by atoms with Gasteiger partial charge in [-0.25, -0.2) is 15.6 Å². The van der Waals surface area contributed by atoms with E-state index in [9.17, 15) is 9.59 Å². The monoisotopic (exact) mass is 518 g/mol. The summed E-state index contributed by atoms with van der Waals surface area (Å²) in [6.45, 7) is 3.31. The number of aromatic nitrogens is 2. The van der Waals surface area contributed by atoms with Crippen molar-refractivity contribution in [1.82, 2.24) is 25.2 Å². The largest absolute Gasteiger partial charge is 0.394 e. The summed E-state index contributed by atoms with van der Waals surface area (Å²) >= 11 is 0. The topological polar surface area (TPSA) is 161 Å². The van der Waals surface area contributed by atoms with Crippen LogP contribution in [-0.2, 0) is 19.5 Å². The van der Waals surface area contributed by atoms with Gasteiger partial charge in [0.25, 0.3) is 0 Å². The fourth-order valence-electron chi connectivity index (χ4n) is 3.73.